The van der Waals surface area contributed by atoms with E-state index in [1.165, 1.54) is 11.3 Å². The van der Waals surface area contributed by atoms with E-state index in [9.17, 15) is 5.11 Å². The Kier molecular flexibility index (Phi) is 5.41. The molecular weight excluding hydrogens is 364 g/mol. The van der Waals surface area contributed by atoms with E-state index in [0.717, 1.165) is 27.8 Å². The van der Waals surface area contributed by atoms with Crippen LogP contribution in [-0.2, 0) is 0 Å². The number of nitrogens with one attached hydrogen (secondary N) is 1. The number of hydrogen-bond donors (Lipinski definition) is 2. The number of methoxy groups -OCH3 is 1. The van der Waals surface area contributed by atoms with Crippen molar-refractivity contribution in [2.75, 3.05) is 12.4 Å². The first kappa shape index (κ1) is 16.3. The molecule has 2 N–H and O–H groups in total. The van der Waals surface area contributed by atoms with E-state index in [2.05, 4.69) is 10.3 Å². The first-order valence-electron chi connectivity index (χ1n) is 6.40. The Morgan fingerprint density at radius 2 is 1.73 bits per heavy atom. The molecule has 0 fully saturated rings. The number of hydrogen-bond acceptors (Lipinski definition) is 5. The fraction of sp³-hybridized carbons (Fsp3) is 0.0625. The summed E-state index contributed by atoms with van der Waals surface area (Å²) >= 11 is 1.54. The molecule has 0 amide bonds. The summed E-state index contributed by atoms with van der Waals surface area (Å²) in [5, 5.41) is 15.3. The second-order valence-corrected chi connectivity index (χ2v) is 5.30. The molecule has 3 aromatic rings. The molecular formula is C16H15BrN2O2S. The van der Waals surface area contributed by atoms with Gasteiger partial charge in [0, 0.05) is 16.6 Å². The zero-order valence-electron chi connectivity index (χ0n) is 11.8. The lowest BCUT2D eigenvalue weighted by Gasteiger charge is -2.02. The molecule has 6 heteroatoms. The summed E-state index contributed by atoms with van der Waals surface area (Å²) in [7, 11) is 1.65. The maximum Gasteiger partial charge on any atom is 0.187 e. The summed E-state index contributed by atoms with van der Waals surface area (Å²) in [5.41, 5.74) is 2.86. The Morgan fingerprint density at radius 3 is 2.36 bits per heavy atom. The number of nitrogens with zero attached hydrogens (tertiary/aromatic N) is 1. The van der Waals surface area contributed by atoms with Gasteiger partial charge in [-0.05, 0) is 48.5 Å². The molecule has 0 aliphatic carbocycles. The first-order valence-corrected chi connectivity index (χ1v) is 7.28. The minimum Gasteiger partial charge on any atom is -0.508 e. The van der Waals surface area contributed by atoms with Crippen LogP contribution >= 0.6 is 28.3 Å². The Bertz CT molecular complexity index is 727. The molecule has 0 aliphatic rings. The molecule has 22 heavy (non-hydrogen) atoms. The Morgan fingerprint density at radius 1 is 1.05 bits per heavy atom. The number of rotatable bonds is 4. The quantitative estimate of drug-likeness (QED) is 0.637. The van der Waals surface area contributed by atoms with E-state index >= 15 is 0 Å². The number of halogens is 1. The molecule has 0 saturated carbocycles. The summed E-state index contributed by atoms with van der Waals surface area (Å²) in [4.78, 5) is 4.56. The van der Waals surface area contributed by atoms with Crippen molar-refractivity contribution in [1.29, 1.82) is 0 Å². The molecule has 0 radical (unpaired) electrons. The van der Waals surface area contributed by atoms with E-state index in [4.69, 9.17) is 4.74 Å². The van der Waals surface area contributed by atoms with Gasteiger partial charge in [-0.2, -0.15) is 0 Å². The van der Waals surface area contributed by atoms with Gasteiger partial charge in [0.1, 0.15) is 11.5 Å². The minimum atomic E-state index is 0. The van der Waals surface area contributed by atoms with Gasteiger partial charge in [-0.1, -0.05) is 0 Å². The molecule has 114 valence electrons. The van der Waals surface area contributed by atoms with Gasteiger partial charge in [0.15, 0.2) is 5.13 Å². The van der Waals surface area contributed by atoms with Gasteiger partial charge in [0.2, 0.25) is 0 Å². The lowest BCUT2D eigenvalue weighted by molar-refractivity contribution is 0.415. The molecule has 0 bridgehead atoms. The van der Waals surface area contributed by atoms with Crippen molar-refractivity contribution in [3.05, 3.63) is 53.9 Å². The lowest BCUT2D eigenvalue weighted by Crippen LogP contribution is -1.89. The monoisotopic (exact) mass is 378 g/mol. The van der Waals surface area contributed by atoms with Crippen LogP contribution in [0.3, 0.4) is 0 Å². The second-order valence-electron chi connectivity index (χ2n) is 4.44. The van der Waals surface area contributed by atoms with Gasteiger partial charge in [-0.3, -0.25) is 0 Å². The van der Waals surface area contributed by atoms with Gasteiger partial charge in [-0.15, -0.1) is 28.3 Å². The highest BCUT2D eigenvalue weighted by Crippen LogP contribution is 2.28. The predicted octanol–water partition coefficient (Wildman–Crippen LogP) is 4.85. The van der Waals surface area contributed by atoms with Gasteiger partial charge in [0.25, 0.3) is 0 Å². The van der Waals surface area contributed by atoms with Gasteiger partial charge in [-0.25, -0.2) is 4.98 Å². The van der Waals surface area contributed by atoms with Crippen molar-refractivity contribution in [3.63, 3.8) is 0 Å². The fourth-order valence-corrected chi connectivity index (χ4v) is 2.63. The van der Waals surface area contributed by atoms with Crippen molar-refractivity contribution < 1.29 is 9.84 Å². The maximum atomic E-state index is 9.27. The van der Waals surface area contributed by atoms with E-state index in [-0.39, 0.29) is 22.7 Å². The smallest absolute Gasteiger partial charge is 0.187 e. The fourth-order valence-electron chi connectivity index (χ4n) is 1.89. The zero-order valence-corrected chi connectivity index (χ0v) is 14.3. The molecule has 3 rings (SSSR count). The number of ether oxygens (including phenoxy) is 1. The number of phenolic OH excluding ortho intramolecular Hbond substituents is 1. The average Bonchev–Trinajstić information content (AvgIpc) is 2.98. The summed E-state index contributed by atoms with van der Waals surface area (Å²) < 4.78 is 5.15. The normalized spacial score (nSPS) is 9.86. The standard InChI is InChI=1S/C16H14N2O2S.BrH/c1-20-14-8-2-11(3-9-14)15-10-21-16(18-15)17-12-4-6-13(19)7-5-12;/h2-10,19H,1H3,(H,17,18);1H. The van der Waals surface area contributed by atoms with E-state index in [1.807, 2.05) is 41.8 Å². The summed E-state index contributed by atoms with van der Waals surface area (Å²) in [6.45, 7) is 0. The third kappa shape index (κ3) is 3.78. The molecule has 0 saturated heterocycles. The Balaban J connectivity index is 0.00000176. The molecule has 1 heterocycles. The van der Waals surface area contributed by atoms with E-state index < -0.39 is 0 Å². The van der Waals surface area contributed by atoms with Crippen LogP contribution < -0.4 is 10.1 Å². The number of anilines is 2. The maximum absolute atomic E-state index is 9.27. The largest absolute Gasteiger partial charge is 0.508 e. The number of aromatic hydroxyl groups is 1. The van der Waals surface area contributed by atoms with E-state index in [0.29, 0.717) is 0 Å². The average molecular weight is 379 g/mol. The molecule has 1 aromatic heterocycles. The molecule has 0 atom stereocenters. The van der Waals surface area contributed by atoms with Crippen LogP contribution in [0.5, 0.6) is 11.5 Å². The summed E-state index contributed by atoms with van der Waals surface area (Å²) in [6.07, 6.45) is 0. The Labute approximate surface area is 143 Å². The minimum absolute atomic E-state index is 0. The van der Waals surface area contributed by atoms with Crippen LogP contribution in [-0.4, -0.2) is 17.2 Å². The number of phenols is 1. The highest BCUT2D eigenvalue weighted by Gasteiger charge is 2.05. The second kappa shape index (κ2) is 7.29. The highest BCUT2D eigenvalue weighted by molar-refractivity contribution is 8.93. The van der Waals surface area contributed by atoms with Crippen molar-refractivity contribution in [2.24, 2.45) is 0 Å². The molecule has 0 spiro atoms. The first-order chi connectivity index (χ1) is 10.2. The van der Waals surface area contributed by atoms with Crippen LogP contribution in [0.2, 0.25) is 0 Å². The number of aromatic nitrogens is 1. The van der Waals surface area contributed by atoms with Crippen molar-refractivity contribution >= 4 is 39.1 Å². The molecule has 0 aliphatic heterocycles. The van der Waals surface area contributed by atoms with Crippen molar-refractivity contribution in [2.45, 2.75) is 0 Å². The molecule has 0 unspecified atom stereocenters. The van der Waals surface area contributed by atoms with Crippen molar-refractivity contribution in [3.8, 4) is 22.8 Å². The van der Waals surface area contributed by atoms with E-state index in [1.54, 1.807) is 19.2 Å². The van der Waals surface area contributed by atoms with Crippen LogP contribution in [0, 0.1) is 0 Å². The molecule has 4 nitrogen and oxygen atoms in total. The lowest BCUT2D eigenvalue weighted by atomic mass is 10.2. The van der Waals surface area contributed by atoms with Gasteiger partial charge in [0.05, 0.1) is 12.8 Å². The van der Waals surface area contributed by atoms with Gasteiger partial charge < -0.3 is 15.2 Å². The molecule has 2 aromatic carbocycles. The zero-order chi connectivity index (χ0) is 14.7. The van der Waals surface area contributed by atoms with Crippen LogP contribution in [0.25, 0.3) is 11.3 Å². The number of thiazole rings is 1. The highest BCUT2D eigenvalue weighted by atomic mass is 79.9. The van der Waals surface area contributed by atoms with Crippen LogP contribution in [0.4, 0.5) is 10.8 Å². The number of benzene rings is 2. The summed E-state index contributed by atoms with van der Waals surface area (Å²) in [5.74, 6) is 1.08. The van der Waals surface area contributed by atoms with Crippen LogP contribution in [0.1, 0.15) is 0 Å². The van der Waals surface area contributed by atoms with Gasteiger partial charge >= 0.3 is 0 Å². The third-order valence-corrected chi connectivity index (χ3v) is 3.77. The van der Waals surface area contributed by atoms with Crippen LogP contribution in [0.15, 0.2) is 53.9 Å². The SMILES string of the molecule is Br.COc1ccc(-c2csc(Nc3ccc(O)cc3)n2)cc1. The topological polar surface area (TPSA) is 54.4 Å². The summed E-state index contributed by atoms with van der Waals surface area (Å²) in [6, 6.07) is 14.7. The predicted molar refractivity (Wildman–Crippen MR) is 95.8 cm³/mol. The third-order valence-electron chi connectivity index (χ3n) is 3.01. The van der Waals surface area contributed by atoms with Crippen molar-refractivity contribution in [1.82, 2.24) is 4.98 Å². The Hall–Kier alpha value is -2.05.